The maximum atomic E-state index is 12.7. The van der Waals surface area contributed by atoms with Gasteiger partial charge in [0.1, 0.15) is 5.75 Å². The first-order chi connectivity index (χ1) is 14.2. The number of para-hydroxylation sites is 2. The molecule has 1 aliphatic heterocycles. The molecular formula is C23H25N3O2S. The van der Waals surface area contributed by atoms with Crippen molar-refractivity contribution in [3.8, 4) is 5.75 Å². The molecule has 150 valence electrons. The van der Waals surface area contributed by atoms with Gasteiger partial charge in [0.05, 0.1) is 29.9 Å². The molecule has 0 saturated carbocycles. The van der Waals surface area contributed by atoms with Crippen molar-refractivity contribution < 1.29 is 9.53 Å². The number of carbonyl (C=O) groups is 1. The molecule has 2 aromatic carbocycles. The number of thiazole rings is 1. The average molecular weight is 408 g/mol. The van der Waals surface area contributed by atoms with Crippen LogP contribution in [0.4, 0.5) is 5.69 Å². The lowest BCUT2D eigenvalue weighted by atomic mass is 10.2. The molecule has 0 unspecified atom stereocenters. The van der Waals surface area contributed by atoms with E-state index in [4.69, 9.17) is 4.74 Å². The van der Waals surface area contributed by atoms with Gasteiger partial charge in [-0.1, -0.05) is 42.5 Å². The second-order valence-electron chi connectivity index (χ2n) is 7.11. The minimum atomic E-state index is 0.154. The molecule has 0 N–H and O–H groups in total. The standard InChI is InChI=1S/C23H25N3O2S/c1-28-21-10-6-5-9-20(21)25-11-13-26(14-12-25)23(27)16-19-17-29-22(24-19)15-18-7-3-2-4-8-18/h2-10,17H,11-16H2,1H3. The molecular weight excluding hydrogens is 382 g/mol. The Labute approximate surface area is 175 Å². The Bertz CT molecular complexity index is 950. The summed E-state index contributed by atoms with van der Waals surface area (Å²) in [6.45, 7) is 3.06. The van der Waals surface area contributed by atoms with Gasteiger partial charge in [0.15, 0.2) is 0 Å². The molecule has 0 spiro atoms. The minimum Gasteiger partial charge on any atom is -0.495 e. The quantitative estimate of drug-likeness (QED) is 0.626. The Kier molecular flexibility index (Phi) is 6.10. The molecule has 5 nitrogen and oxygen atoms in total. The molecule has 0 aliphatic carbocycles. The van der Waals surface area contributed by atoms with E-state index in [0.29, 0.717) is 6.42 Å². The van der Waals surface area contributed by atoms with E-state index in [0.717, 1.165) is 54.7 Å². The van der Waals surface area contributed by atoms with E-state index in [1.807, 2.05) is 46.7 Å². The normalized spacial score (nSPS) is 14.1. The van der Waals surface area contributed by atoms with Crippen LogP contribution in [0.15, 0.2) is 60.0 Å². The molecule has 0 bridgehead atoms. The fraction of sp³-hybridized carbons (Fsp3) is 0.304. The molecule has 1 fully saturated rings. The van der Waals surface area contributed by atoms with Crippen LogP contribution in [0.25, 0.3) is 0 Å². The summed E-state index contributed by atoms with van der Waals surface area (Å²) in [5, 5.41) is 3.07. The molecule has 6 heteroatoms. The van der Waals surface area contributed by atoms with Gasteiger partial charge in [-0.15, -0.1) is 11.3 Å². The Balaban J connectivity index is 1.31. The Morgan fingerprint density at radius 1 is 1.03 bits per heavy atom. The Morgan fingerprint density at radius 2 is 1.76 bits per heavy atom. The smallest absolute Gasteiger partial charge is 0.228 e. The fourth-order valence-corrected chi connectivity index (χ4v) is 4.46. The Morgan fingerprint density at radius 3 is 2.52 bits per heavy atom. The number of methoxy groups -OCH3 is 1. The molecule has 2 heterocycles. The van der Waals surface area contributed by atoms with E-state index in [1.54, 1.807) is 18.4 Å². The molecule has 0 radical (unpaired) electrons. The van der Waals surface area contributed by atoms with Gasteiger partial charge in [-0.3, -0.25) is 4.79 Å². The van der Waals surface area contributed by atoms with Crippen LogP contribution in [-0.4, -0.2) is 49.1 Å². The lowest BCUT2D eigenvalue weighted by molar-refractivity contribution is -0.130. The number of rotatable bonds is 6. The molecule has 1 aliphatic rings. The van der Waals surface area contributed by atoms with Crippen LogP contribution in [0.5, 0.6) is 5.75 Å². The first kappa shape index (κ1) is 19.5. The van der Waals surface area contributed by atoms with Gasteiger partial charge in [0.25, 0.3) is 0 Å². The maximum absolute atomic E-state index is 12.7. The lowest BCUT2D eigenvalue weighted by Gasteiger charge is -2.36. The third-order valence-electron chi connectivity index (χ3n) is 5.19. The predicted octanol–water partition coefficient (Wildman–Crippen LogP) is 3.63. The van der Waals surface area contributed by atoms with Gasteiger partial charge in [-0.25, -0.2) is 4.98 Å². The van der Waals surface area contributed by atoms with Crippen LogP contribution in [-0.2, 0) is 17.6 Å². The third-order valence-corrected chi connectivity index (χ3v) is 6.09. The highest BCUT2D eigenvalue weighted by atomic mass is 32.1. The summed E-state index contributed by atoms with van der Waals surface area (Å²) in [6, 6.07) is 18.3. The van der Waals surface area contributed by atoms with Crippen LogP contribution in [0, 0.1) is 0 Å². The van der Waals surface area contributed by atoms with E-state index in [1.165, 1.54) is 5.56 Å². The monoisotopic (exact) mass is 407 g/mol. The van der Waals surface area contributed by atoms with Crippen molar-refractivity contribution in [3.63, 3.8) is 0 Å². The number of anilines is 1. The van der Waals surface area contributed by atoms with E-state index < -0.39 is 0 Å². The van der Waals surface area contributed by atoms with E-state index >= 15 is 0 Å². The second kappa shape index (κ2) is 9.09. The van der Waals surface area contributed by atoms with E-state index in [2.05, 4.69) is 28.1 Å². The highest BCUT2D eigenvalue weighted by Gasteiger charge is 2.23. The van der Waals surface area contributed by atoms with Gasteiger partial charge in [-0.2, -0.15) is 0 Å². The van der Waals surface area contributed by atoms with Crippen molar-refractivity contribution in [1.29, 1.82) is 0 Å². The predicted molar refractivity (Wildman–Crippen MR) is 117 cm³/mol. The summed E-state index contributed by atoms with van der Waals surface area (Å²) < 4.78 is 5.47. The zero-order valence-electron chi connectivity index (χ0n) is 16.6. The number of hydrogen-bond acceptors (Lipinski definition) is 5. The lowest BCUT2D eigenvalue weighted by Crippen LogP contribution is -2.49. The van der Waals surface area contributed by atoms with Gasteiger partial charge in [-0.05, 0) is 17.7 Å². The minimum absolute atomic E-state index is 0.154. The number of hydrogen-bond donors (Lipinski definition) is 0. The SMILES string of the molecule is COc1ccccc1N1CCN(C(=O)Cc2csc(Cc3ccccc3)n2)CC1. The van der Waals surface area contributed by atoms with Crippen LogP contribution < -0.4 is 9.64 Å². The molecule has 1 amide bonds. The van der Waals surface area contributed by atoms with Crippen LogP contribution in [0.3, 0.4) is 0 Å². The second-order valence-corrected chi connectivity index (χ2v) is 8.05. The number of ether oxygens (including phenoxy) is 1. The summed E-state index contributed by atoms with van der Waals surface area (Å²) in [4.78, 5) is 21.6. The third kappa shape index (κ3) is 4.77. The van der Waals surface area contributed by atoms with Crippen molar-refractivity contribution in [2.24, 2.45) is 0 Å². The molecule has 4 rings (SSSR count). The van der Waals surface area contributed by atoms with E-state index in [-0.39, 0.29) is 5.91 Å². The number of benzene rings is 2. The first-order valence-electron chi connectivity index (χ1n) is 9.86. The van der Waals surface area contributed by atoms with Gasteiger partial charge < -0.3 is 14.5 Å². The van der Waals surface area contributed by atoms with Crippen molar-refractivity contribution in [2.45, 2.75) is 12.8 Å². The summed E-state index contributed by atoms with van der Waals surface area (Å²) >= 11 is 1.63. The summed E-state index contributed by atoms with van der Waals surface area (Å²) in [7, 11) is 1.69. The van der Waals surface area contributed by atoms with Crippen LogP contribution >= 0.6 is 11.3 Å². The molecule has 1 saturated heterocycles. The molecule has 29 heavy (non-hydrogen) atoms. The zero-order valence-corrected chi connectivity index (χ0v) is 17.4. The fourth-order valence-electron chi connectivity index (χ4n) is 3.64. The molecule has 3 aromatic rings. The van der Waals surface area contributed by atoms with Crippen molar-refractivity contribution >= 4 is 22.9 Å². The summed E-state index contributed by atoms with van der Waals surface area (Å²) in [5.41, 5.74) is 3.21. The molecule has 0 atom stereocenters. The Hall–Kier alpha value is -2.86. The first-order valence-corrected chi connectivity index (χ1v) is 10.7. The highest BCUT2D eigenvalue weighted by Crippen LogP contribution is 2.28. The van der Waals surface area contributed by atoms with E-state index in [9.17, 15) is 4.79 Å². The van der Waals surface area contributed by atoms with Gasteiger partial charge >= 0.3 is 0 Å². The number of piperazine rings is 1. The number of amides is 1. The van der Waals surface area contributed by atoms with Gasteiger partial charge in [0, 0.05) is 38.0 Å². The largest absolute Gasteiger partial charge is 0.495 e. The van der Waals surface area contributed by atoms with Crippen LogP contribution in [0.2, 0.25) is 0 Å². The molecule has 1 aromatic heterocycles. The zero-order chi connectivity index (χ0) is 20.1. The topological polar surface area (TPSA) is 45.7 Å². The summed E-state index contributed by atoms with van der Waals surface area (Å²) in [6.07, 6.45) is 1.19. The maximum Gasteiger partial charge on any atom is 0.228 e. The average Bonchev–Trinajstić information content (AvgIpc) is 3.21. The van der Waals surface area contributed by atoms with Crippen molar-refractivity contribution in [1.82, 2.24) is 9.88 Å². The highest BCUT2D eigenvalue weighted by molar-refractivity contribution is 7.09. The van der Waals surface area contributed by atoms with Crippen LogP contribution in [0.1, 0.15) is 16.3 Å². The number of carbonyl (C=O) groups excluding carboxylic acids is 1. The van der Waals surface area contributed by atoms with Crippen molar-refractivity contribution in [3.05, 3.63) is 76.2 Å². The van der Waals surface area contributed by atoms with Crippen molar-refractivity contribution in [2.75, 3.05) is 38.2 Å². The number of aromatic nitrogens is 1. The summed E-state index contributed by atoms with van der Waals surface area (Å²) in [5.74, 6) is 1.03. The number of nitrogens with zero attached hydrogens (tertiary/aromatic N) is 3. The van der Waals surface area contributed by atoms with Gasteiger partial charge in [0.2, 0.25) is 5.91 Å².